The zero-order valence-electron chi connectivity index (χ0n) is 30.5. The summed E-state index contributed by atoms with van der Waals surface area (Å²) in [6.45, 7) is 24.0. The third-order valence-corrected chi connectivity index (χ3v) is 15.7. The van der Waals surface area contributed by atoms with Crippen LogP contribution in [0.4, 0.5) is 0 Å². The lowest BCUT2D eigenvalue weighted by Gasteiger charge is -2.64. The second kappa shape index (κ2) is 11.9. The summed E-state index contributed by atoms with van der Waals surface area (Å²) < 4.78 is 12.7. The Kier molecular flexibility index (Phi) is 9.57. The smallest absolute Gasteiger partial charge is 0.303 e. The van der Waals surface area contributed by atoms with Gasteiger partial charge in [0.2, 0.25) is 0 Å². The van der Waals surface area contributed by atoms with Crippen LogP contribution in [0.25, 0.3) is 0 Å². The minimum Gasteiger partial charge on any atom is -0.457 e. The molecule has 5 saturated carbocycles. The lowest BCUT2D eigenvalue weighted by Crippen LogP contribution is -2.59. The maximum Gasteiger partial charge on any atom is 0.303 e. The molecule has 13 atom stereocenters. The van der Waals surface area contributed by atoms with Crippen LogP contribution < -0.4 is 0 Å². The largest absolute Gasteiger partial charge is 0.457 e. The van der Waals surface area contributed by atoms with Crippen LogP contribution in [0.15, 0.2) is 0 Å². The standard InChI is InChI=1S/C36H61NO4.2C2H2/c1-12-37(11)28-15-16-35-22(3)36(35)18-17-33(9)29-21(2)19-24(30(32(7,8)39)40-23(4)38)41-25(29)20-34(33,10)27(36)14-13-26(35)31(28,5)6;2*1-2/h21-22,24-30,39H,12-20H2,1-11H3;2*1-2H/t21-,22-,24?,25-,26?,27+,28?,29?,30+,33-,34+,35?,36+;;/m1../s1. The fraction of sp³-hybridized carbons (Fsp3) is 0.875. The third kappa shape index (κ3) is 4.71. The Morgan fingerprint density at radius 1 is 0.978 bits per heavy atom. The minimum atomic E-state index is -1.14. The van der Waals surface area contributed by atoms with Gasteiger partial charge in [0.25, 0.3) is 0 Å². The van der Waals surface area contributed by atoms with Crippen LogP contribution in [-0.4, -0.2) is 59.5 Å². The molecule has 1 aliphatic heterocycles. The van der Waals surface area contributed by atoms with Crippen LogP contribution in [0.5, 0.6) is 0 Å². The van der Waals surface area contributed by atoms with Crippen LogP contribution in [0.1, 0.15) is 121 Å². The SMILES string of the molecule is C#C.C#C.CCN(C)C1CCC23C(CC[C@@H]4[C@]2(CC[C@]2(C)C5[C@H](C)CC([C@H](OC(C)=O)C(C)(C)O)O[C@@H]5C[C@@]42C)[C@@H]3C)C1(C)C. The highest BCUT2D eigenvalue weighted by molar-refractivity contribution is 5.66. The van der Waals surface area contributed by atoms with Crippen molar-refractivity contribution in [3.63, 3.8) is 0 Å². The van der Waals surface area contributed by atoms with Crippen molar-refractivity contribution in [1.82, 2.24) is 4.90 Å². The molecule has 0 aromatic heterocycles. The van der Waals surface area contributed by atoms with E-state index >= 15 is 0 Å². The van der Waals surface area contributed by atoms with E-state index in [0.717, 1.165) is 37.1 Å². The first-order chi connectivity index (χ1) is 20.9. The van der Waals surface area contributed by atoms with E-state index in [2.05, 4.69) is 86.1 Å². The van der Waals surface area contributed by atoms with Gasteiger partial charge >= 0.3 is 5.97 Å². The molecule has 45 heavy (non-hydrogen) atoms. The summed E-state index contributed by atoms with van der Waals surface area (Å²) in [5, 5.41) is 11.0. The zero-order chi connectivity index (χ0) is 34.1. The second-order valence-electron chi connectivity index (χ2n) is 17.6. The molecule has 5 heteroatoms. The highest BCUT2D eigenvalue weighted by atomic mass is 16.6. The van der Waals surface area contributed by atoms with Gasteiger partial charge in [0.05, 0.1) is 17.8 Å². The molecule has 6 fully saturated rings. The fourth-order valence-electron chi connectivity index (χ4n) is 14.1. The molecule has 1 saturated heterocycles. The van der Waals surface area contributed by atoms with Gasteiger partial charge < -0.3 is 19.5 Å². The Labute approximate surface area is 276 Å². The molecular weight excluding hydrogens is 558 g/mol. The number of ether oxygens (including phenoxy) is 2. The molecule has 0 bridgehead atoms. The maximum absolute atomic E-state index is 12.0. The lowest BCUT2D eigenvalue weighted by atomic mass is 9.41. The molecule has 254 valence electrons. The van der Waals surface area contributed by atoms with E-state index in [-0.39, 0.29) is 29.0 Å². The number of fused-ring (bicyclic) bond motifs is 4. The average Bonchev–Trinajstić information content (AvgIpc) is 3.39. The van der Waals surface area contributed by atoms with Gasteiger partial charge in [-0.05, 0) is 135 Å². The molecule has 5 aliphatic carbocycles. The molecule has 1 heterocycles. The van der Waals surface area contributed by atoms with Crippen molar-refractivity contribution in [2.75, 3.05) is 13.6 Å². The van der Waals surface area contributed by atoms with Crippen molar-refractivity contribution in [3.8, 4) is 25.7 Å². The van der Waals surface area contributed by atoms with E-state index in [9.17, 15) is 9.90 Å². The van der Waals surface area contributed by atoms with Gasteiger partial charge in [0.1, 0.15) is 0 Å². The number of terminal acetylenes is 2. The second-order valence-corrected chi connectivity index (χ2v) is 17.6. The van der Waals surface area contributed by atoms with E-state index in [0.29, 0.717) is 34.1 Å². The maximum atomic E-state index is 12.0. The summed E-state index contributed by atoms with van der Waals surface area (Å²) >= 11 is 0. The highest BCUT2D eigenvalue weighted by Gasteiger charge is 2.86. The van der Waals surface area contributed by atoms with E-state index in [1.807, 2.05) is 0 Å². The fourth-order valence-corrected chi connectivity index (χ4v) is 14.1. The predicted octanol–water partition coefficient (Wildman–Crippen LogP) is 7.60. The number of aliphatic hydroxyl groups is 1. The van der Waals surface area contributed by atoms with E-state index in [1.165, 1.54) is 45.4 Å². The molecule has 0 radical (unpaired) electrons. The van der Waals surface area contributed by atoms with E-state index in [1.54, 1.807) is 13.8 Å². The van der Waals surface area contributed by atoms with Gasteiger partial charge in [-0.15, -0.1) is 25.7 Å². The summed E-state index contributed by atoms with van der Waals surface area (Å²) in [6, 6.07) is 0.690. The number of nitrogens with zero attached hydrogens (tertiary/aromatic N) is 1. The van der Waals surface area contributed by atoms with Gasteiger partial charge in [-0.3, -0.25) is 4.79 Å². The van der Waals surface area contributed by atoms with Gasteiger partial charge in [-0.25, -0.2) is 0 Å². The van der Waals surface area contributed by atoms with Crippen molar-refractivity contribution in [3.05, 3.63) is 0 Å². The van der Waals surface area contributed by atoms with Crippen molar-refractivity contribution < 1.29 is 19.4 Å². The number of rotatable bonds is 5. The Hall–Kier alpha value is -1.53. The van der Waals surface area contributed by atoms with E-state index in [4.69, 9.17) is 9.47 Å². The Morgan fingerprint density at radius 3 is 2.11 bits per heavy atom. The van der Waals surface area contributed by atoms with Crippen LogP contribution >= 0.6 is 0 Å². The lowest BCUT2D eigenvalue weighted by molar-refractivity contribution is -0.209. The first kappa shape index (κ1) is 36.3. The number of carbonyl (C=O) groups is 1. The Bertz CT molecular complexity index is 1150. The highest BCUT2D eigenvalue weighted by Crippen LogP contribution is 2.91. The number of hydrogen-bond donors (Lipinski definition) is 1. The monoisotopic (exact) mass is 623 g/mol. The molecule has 0 amide bonds. The molecule has 6 rings (SSSR count). The predicted molar refractivity (Wildman–Crippen MR) is 183 cm³/mol. The normalized spacial score (nSPS) is 47.8. The van der Waals surface area contributed by atoms with Crippen molar-refractivity contribution in [2.24, 2.45) is 56.7 Å². The summed E-state index contributed by atoms with van der Waals surface area (Å²) in [5.41, 5.74) is 0.719. The number of esters is 1. The summed E-state index contributed by atoms with van der Waals surface area (Å²) in [7, 11) is 2.36. The van der Waals surface area contributed by atoms with Gasteiger partial charge in [-0.2, -0.15) is 0 Å². The first-order valence-electron chi connectivity index (χ1n) is 17.9. The molecular formula is C40H65NO4. The van der Waals surface area contributed by atoms with Crippen molar-refractivity contribution >= 4 is 5.97 Å². The quantitative estimate of drug-likeness (QED) is 0.253. The van der Waals surface area contributed by atoms with Gasteiger partial charge in [0, 0.05) is 13.0 Å². The minimum absolute atomic E-state index is 0.169. The molecule has 5 nitrogen and oxygen atoms in total. The van der Waals surface area contributed by atoms with Crippen molar-refractivity contribution in [2.45, 2.75) is 151 Å². The Balaban J connectivity index is 0.00000111. The Morgan fingerprint density at radius 2 is 1.56 bits per heavy atom. The first-order valence-corrected chi connectivity index (χ1v) is 17.9. The van der Waals surface area contributed by atoms with Crippen LogP contribution in [0.2, 0.25) is 0 Å². The molecule has 2 spiro atoms. The summed E-state index contributed by atoms with van der Waals surface area (Å²) in [6.07, 6.45) is 25.4. The number of carbonyl (C=O) groups excluding carboxylic acids is 1. The van der Waals surface area contributed by atoms with Gasteiger partial charge in [0.15, 0.2) is 6.10 Å². The molecule has 0 aromatic rings. The third-order valence-electron chi connectivity index (χ3n) is 15.7. The molecule has 0 aromatic carbocycles. The molecule has 6 aliphatic rings. The summed E-state index contributed by atoms with van der Waals surface area (Å²) in [5.74, 6) is 3.05. The zero-order valence-corrected chi connectivity index (χ0v) is 30.5. The average molecular weight is 624 g/mol. The van der Waals surface area contributed by atoms with Crippen LogP contribution in [-0.2, 0) is 14.3 Å². The topological polar surface area (TPSA) is 59.0 Å². The van der Waals surface area contributed by atoms with E-state index < -0.39 is 11.7 Å². The summed E-state index contributed by atoms with van der Waals surface area (Å²) in [4.78, 5) is 14.7. The molecule has 1 N–H and O–H groups in total. The number of hydrogen-bond acceptors (Lipinski definition) is 5. The van der Waals surface area contributed by atoms with Crippen LogP contribution in [0, 0.1) is 82.4 Å². The molecule has 5 unspecified atom stereocenters. The van der Waals surface area contributed by atoms with Gasteiger partial charge in [-0.1, -0.05) is 48.5 Å². The van der Waals surface area contributed by atoms with Crippen LogP contribution in [0.3, 0.4) is 0 Å². The van der Waals surface area contributed by atoms with Crippen molar-refractivity contribution in [1.29, 1.82) is 0 Å².